The summed E-state index contributed by atoms with van der Waals surface area (Å²) >= 11 is 0. The summed E-state index contributed by atoms with van der Waals surface area (Å²) in [7, 11) is 0. The van der Waals surface area contributed by atoms with Gasteiger partial charge in [0.25, 0.3) is 0 Å². The Bertz CT molecular complexity index is 1820. The number of unbranched alkanes of at least 4 members (excludes halogenated alkanes) is 6. The Hall–Kier alpha value is -5.01. The topological polar surface area (TPSA) is 303 Å². The highest BCUT2D eigenvalue weighted by Gasteiger charge is 2.59. The normalized spacial score (nSPS) is 30.6. The van der Waals surface area contributed by atoms with Crippen molar-refractivity contribution in [2.75, 3.05) is 6.61 Å². The molecule has 0 aliphatic carbocycles. The number of carboxylic acid groups (broad SMARTS) is 1. The molecule has 0 saturated carbocycles. The van der Waals surface area contributed by atoms with Gasteiger partial charge in [0.15, 0.2) is 73.8 Å². The van der Waals surface area contributed by atoms with Crippen molar-refractivity contribution in [3.63, 3.8) is 0 Å². The second kappa shape index (κ2) is 30.2. The van der Waals surface area contributed by atoms with Gasteiger partial charge in [0.2, 0.25) is 0 Å². The number of carbonyl (C=O) groups is 9. The van der Waals surface area contributed by atoms with Crippen molar-refractivity contribution in [1.29, 1.82) is 0 Å². The molecule has 72 heavy (non-hydrogen) atoms. The lowest BCUT2D eigenvalue weighted by atomic mass is 9.95. The molecule has 0 unspecified atom stereocenters. The number of ether oxygens (including phenoxy) is 14. The molecule has 3 aliphatic rings. The van der Waals surface area contributed by atoms with Crippen LogP contribution in [-0.4, -0.2) is 164 Å². The molecule has 0 radical (unpaired) electrons. The number of aliphatic carboxylic acids is 1. The molecule has 0 aromatic heterocycles. The third-order valence-corrected chi connectivity index (χ3v) is 11.5. The van der Waals surface area contributed by atoms with E-state index in [9.17, 15) is 43.2 Å². The molecule has 24 heteroatoms. The highest BCUT2D eigenvalue weighted by atomic mass is 16.8. The van der Waals surface area contributed by atoms with Crippen LogP contribution in [0.4, 0.5) is 0 Å². The van der Waals surface area contributed by atoms with Crippen LogP contribution in [0.15, 0.2) is 0 Å². The van der Waals surface area contributed by atoms with Crippen molar-refractivity contribution >= 4 is 53.7 Å². The van der Waals surface area contributed by atoms with Gasteiger partial charge in [0.1, 0.15) is 12.7 Å². The summed E-state index contributed by atoms with van der Waals surface area (Å²) in [6.45, 7) is 13.0. The summed E-state index contributed by atoms with van der Waals surface area (Å²) in [4.78, 5) is 112. The molecule has 0 bridgehead atoms. The molecule has 0 aromatic carbocycles. The number of hydrogen-bond acceptors (Lipinski definition) is 23. The van der Waals surface area contributed by atoms with E-state index < -0.39 is 159 Å². The molecular weight excluding hydrogens is 961 g/mol. The molecule has 0 spiro atoms. The van der Waals surface area contributed by atoms with Crippen LogP contribution in [0.5, 0.6) is 0 Å². The summed E-state index contributed by atoms with van der Waals surface area (Å²) < 4.78 is 84.2. The Balaban J connectivity index is 2.23. The lowest BCUT2D eigenvalue weighted by Gasteiger charge is -2.50. The minimum atomic E-state index is -1.92. The molecule has 410 valence electrons. The molecule has 3 heterocycles. The average molecular weight is 1040 g/mol. The highest BCUT2D eigenvalue weighted by Crippen LogP contribution is 2.39. The maximum atomic E-state index is 13.1. The fraction of sp³-hybridized carbons (Fsp3) is 0.812. The lowest BCUT2D eigenvalue weighted by Crippen LogP contribution is -2.68. The molecule has 1 N–H and O–H groups in total. The standard InChI is InChI=1S/C48H74O24/c1-12-20-34(21-18-16-14-13-15-17-19-22-36(57)58)69-46-44(41(66-31(9)54)38(24(2)60-46)63-28(6)51)72-48-45(42(67-32(10)55)39(64-29(7)52)35(70-48)23-59-26(4)49)71-47-43(68-33(11)56)40(65-30(8)53)37(25(3)61-47)62-27(5)50/h24-25,34-35,37-48H,12-23H2,1-11H3,(H,57,58)/t24-,25+,34+,35-,37+,38+,39-,40-,41+,42+,43-,44-,45-,46+,47+,48+/m1/s1. The van der Waals surface area contributed by atoms with E-state index >= 15 is 0 Å². The first-order valence-corrected chi connectivity index (χ1v) is 24.4. The van der Waals surface area contributed by atoms with E-state index in [1.165, 1.54) is 6.92 Å². The number of carboxylic acids is 1. The van der Waals surface area contributed by atoms with Gasteiger partial charge in [0, 0.05) is 61.8 Å². The quantitative estimate of drug-likeness (QED) is 0.0694. The second-order valence-electron chi connectivity index (χ2n) is 17.9. The fourth-order valence-electron chi connectivity index (χ4n) is 8.75. The predicted molar refractivity (Wildman–Crippen MR) is 242 cm³/mol. The summed E-state index contributed by atoms with van der Waals surface area (Å²) in [5, 5.41) is 8.93. The third-order valence-electron chi connectivity index (χ3n) is 11.5. The van der Waals surface area contributed by atoms with Gasteiger partial charge in [0.05, 0.1) is 18.3 Å². The smallest absolute Gasteiger partial charge is 0.303 e. The van der Waals surface area contributed by atoms with Crippen molar-refractivity contribution in [3.05, 3.63) is 0 Å². The van der Waals surface area contributed by atoms with Crippen LogP contribution in [0, 0.1) is 0 Å². The Kier molecular flexibility index (Phi) is 25.8. The number of carbonyl (C=O) groups excluding carboxylic acids is 8. The lowest BCUT2D eigenvalue weighted by molar-refractivity contribution is -0.393. The van der Waals surface area contributed by atoms with E-state index in [2.05, 4.69) is 0 Å². The van der Waals surface area contributed by atoms with Gasteiger partial charge in [-0.25, -0.2) is 0 Å². The maximum Gasteiger partial charge on any atom is 0.303 e. The molecular formula is C48H74O24. The van der Waals surface area contributed by atoms with Gasteiger partial charge < -0.3 is 71.4 Å². The monoisotopic (exact) mass is 1030 g/mol. The molecule has 3 aliphatic heterocycles. The van der Waals surface area contributed by atoms with E-state index in [1.807, 2.05) is 6.92 Å². The first kappa shape index (κ1) is 61.3. The van der Waals surface area contributed by atoms with Crippen LogP contribution in [0.25, 0.3) is 0 Å². The van der Waals surface area contributed by atoms with Crippen LogP contribution in [-0.2, 0) is 109 Å². The summed E-state index contributed by atoms with van der Waals surface area (Å²) in [5.74, 6) is -7.71. The summed E-state index contributed by atoms with van der Waals surface area (Å²) in [5.41, 5.74) is 0. The fourth-order valence-corrected chi connectivity index (χ4v) is 8.75. The number of rotatable bonds is 27. The molecule has 3 saturated heterocycles. The van der Waals surface area contributed by atoms with E-state index in [-0.39, 0.29) is 6.42 Å². The minimum Gasteiger partial charge on any atom is -0.481 e. The van der Waals surface area contributed by atoms with Crippen LogP contribution in [0.3, 0.4) is 0 Å². The largest absolute Gasteiger partial charge is 0.481 e. The van der Waals surface area contributed by atoms with Crippen LogP contribution in [0.1, 0.15) is 147 Å². The maximum absolute atomic E-state index is 13.1. The van der Waals surface area contributed by atoms with Gasteiger partial charge in [-0.1, -0.05) is 51.9 Å². The van der Waals surface area contributed by atoms with Crippen molar-refractivity contribution < 1.29 is 115 Å². The minimum absolute atomic E-state index is 0.127. The van der Waals surface area contributed by atoms with E-state index in [0.29, 0.717) is 25.7 Å². The van der Waals surface area contributed by atoms with Gasteiger partial charge in [-0.3, -0.25) is 43.2 Å². The van der Waals surface area contributed by atoms with Gasteiger partial charge in [-0.05, 0) is 33.1 Å². The molecule has 0 amide bonds. The first-order chi connectivity index (χ1) is 33.9. The molecule has 3 fully saturated rings. The second-order valence-corrected chi connectivity index (χ2v) is 17.9. The van der Waals surface area contributed by atoms with Gasteiger partial charge in [-0.2, -0.15) is 0 Å². The highest BCUT2D eigenvalue weighted by molar-refractivity contribution is 5.70. The zero-order chi connectivity index (χ0) is 53.8. The summed E-state index contributed by atoms with van der Waals surface area (Å²) in [6, 6.07) is 0. The number of hydrogen-bond donors (Lipinski definition) is 1. The summed E-state index contributed by atoms with van der Waals surface area (Å²) in [6.07, 6.45) is -16.2. The van der Waals surface area contributed by atoms with E-state index in [4.69, 9.17) is 71.4 Å². The molecule has 16 atom stereocenters. The van der Waals surface area contributed by atoms with Crippen molar-refractivity contribution in [1.82, 2.24) is 0 Å². The van der Waals surface area contributed by atoms with Crippen LogP contribution >= 0.6 is 0 Å². The van der Waals surface area contributed by atoms with Crippen LogP contribution < -0.4 is 0 Å². The van der Waals surface area contributed by atoms with Crippen molar-refractivity contribution in [2.45, 2.75) is 245 Å². The Morgan fingerprint density at radius 2 is 0.806 bits per heavy atom. The zero-order valence-corrected chi connectivity index (χ0v) is 43.1. The molecule has 0 aromatic rings. The van der Waals surface area contributed by atoms with Crippen molar-refractivity contribution in [3.8, 4) is 0 Å². The third kappa shape index (κ3) is 20.1. The Morgan fingerprint density at radius 1 is 0.431 bits per heavy atom. The molecule has 24 nitrogen and oxygen atoms in total. The van der Waals surface area contributed by atoms with E-state index in [0.717, 1.165) is 93.9 Å². The Labute approximate surface area is 419 Å². The van der Waals surface area contributed by atoms with Crippen molar-refractivity contribution in [2.24, 2.45) is 0 Å². The predicted octanol–water partition coefficient (Wildman–Crippen LogP) is 3.84. The number of esters is 8. The van der Waals surface area contributed by atoms with Gasteiger partial charge in [-0.15, -0.1) is 0 Å². The van der Waals surface area contributed by atoms with Crippen LogP contribution in [0.2, 0.25) is 0 Å². The van der Waals surface area contributed by atoms with Gasteiger partial charge >= 0.3 is 53.7 Å². The Morgan fingerprint density at radius 3 is 1.26 bits per heavy atom. The first-order valence-electron chi connectivity index (χ1n) is 24.4. The SMILES string of the molecule is CCC[C@@H](CCCCCCCCCC(=O)O)O[C@@H]1O[C@H](C)[C@H](OC(C)=O)[C@H](OC(C)=O)[C@H]1O[C@@H]1O[C@H](COC(C)=O)[C@@H](OC(C)=O)[C@H](OC(C)=O)[C@H]1O[C@@H]1O[C@@H](C)[C@H](OC(C)=O)[C@@H](OC(C)=O)[C@H]1OC(C)=O. The molecule has 3 rings (SSSR count). The zero-order valence-electron chi connectivity index (χ0n) is 43.1. The average Bonchev–Trinajstić information content (AvgIpc) is 3.25. The van der Waals surface area contributed by atoms with E-state index in [1.54, 1.807) is 6.92 Å².